The first kappa shape index (κ1) is 8.43. The first-order chi connectivity index (χ1) is 6.84. The van der Waals surface area contributed by atoms with Crippen molar-refractivity contribution >= 4 is 17.6 Å². The fourth-order valence-corrected chi connectivity index (χ4v) is 0.989. The second-order valence-corrected chi connectivity index (χ2v) is 2.61. The third kappa shape index (κ3) is 1.95. The summed E-state index contributed by atoms with van der Waals surface area (Å²) in [6.07, 6.45) is 2.40. The second-order valence-electron chi connectivity index (χ2n) is 2.61. The zero-order valence-corrected chi connectivity index (χ0v) is 7.31. The van der Waals surface area contributed by atoms with Gasteiger partial charge < -0.3 is 11.1 Å². The molecule has 2 aromatic rings. The number of nitrogens with zero attached hydrogens (tertiary/aromatic N) is 3. The van der Waals surface area contributed by atoms with Crippen molar-refractivity contribution < 1.29 is 0 Å². The van der Waals surface area contributed by atoms with E-state index in [1.807, 2.05) is 30.3 Å². The van der Waals surface area contributed by atoms with Crippen LogP contribution < -0.4 is 11.1 Å². The Kier molecular flexibility index (Phi) is 2.22. The van der Waals surface area contributed by atoms with Gasteiger partial charge in [0.1, 0.15) is 0 Å². The highest BCUT2D eigenvalue weighted by atomic mass is 15.2. The molecule has 3 N–H and O–H groups in total. The lowest BCUT2D eigenvalue weighted by Crippen LogP contribution is -2.01. The summed E-state index contributed by atoms with van der Waals surface area (Å²) in [5, 5.41) is 2.97. The van der Waals surface area contributed by atoms with E-state index in [9.17, 15) is 0 Å². The van der Waals surface area contributed by atoms with E-state index in [1.165, 1.54) is 0 Å². The number of aromatic nitrogens is 3. The number of hydrogen-bond acceptors (Lipinski definition) is 5. The zero-order valence-electron chi connectivity index (χ0n) is 7.31. The minimum Gasteiger partial charge on any atom is -0.368 e. The number of hydrogen-bond donors (Lipinski definition) is 2. The van der Waals surface area contributed by atoms with Crippen molar-refractivity contribution in [2.75, 3.05) is 11.1 Å². The summed E-state index contributed by atoms with van der Waals surface area (Å²) in [4.78, 5) is 11.3. The van der Waals surface area contributed by atoms with E-state index in [0.717, 1.165) is 5.69 Å². The van der Waals surface area contributed by atoms with Crippen molar-refractivity contribution in [3.8, 4) is 0 Å². The molecule has 5 nitrogen and oxygen atoms in total. The summed E-state index contributed by atoms with van der Waals surface area (Å²) < 4.78 is 0. The molecule has 5 heteroatoms. The number of anilines is 3. The SMILES string of the molecule is Nc1n[c]nc(Nc2ccccc2)n1. The Bertz CT molecular complexity index is 415. The third-order valence-corrected chi connectivity index (χ3v) is 1.57. The molecule has 0 atom stereocenters. The summed E-state index contributed by atoms with van der Waals surface area (Å²) in [5.74, 6) is 0.544. The standard InChI is InChI=1S/C9H8N5/c10-8-11-6-12-9(14-8)13-7-4-2-1-3-5-7/h1-5H,(H3,10,11,12,13,14). The lowest BCUT2D eigenvalue weighted by atomic mass is 10.3. The van der Waals surface area contributed by atoms with Crippen molar-refractivity contribution in [3.05, 3.63) is 36.7 Å². The zero-order chi connectivity index (χ0) is 9.80. The molecule has 0 aliphatic rings. The van der Waals surface area contributed by atoms with E-state index in [4.69, 9.17) is 5.73 Å². The molecule has 14 heavy (non-hydrogen) atoms. The minimum absolute atomic E-state index is 0.151. The number of benzene rings is 1. The normalized spacial score (nSPS) is 9.71. The highest BCUT2D eigenvalue weighted by Crippen LogP contribution is 2.10. The van der Waals surface area contributed by atoms with Gasteiger partial charge in [-0.15, -0.1) is 0 Å². The molecule has 2 rings (SSSR count). The van der Waals surface area contributed by atoms with Crippen LogP contribution in [0.4, 0.5) is 17.6 Å². The average molecular weight is 186 g/mol. The summed E-state index contributed by atoms with van der Waals surface area (Å²) >= 11 is 0. The van der Waals surface area contributed by atoms with Crippen molar-refractivity contribution in [1.82, 2.24) is 15.0 Å². The minimum atomic E-state index is 0.151. The first-order valence-corrected chi connectivity index (χ1v) is 4.04. The molecule has 1 heterocycles. The maximum absolute atomic E-state index is 5.38. The van der Waals surface area contributed by atoms with Gasteiger partial charge in [-0.1, -0.05) is 18.2 Å². The van der Waals surface area contributed by atoms with Crippen LogP contribution in [0.3, 0.4) is 0 Å². The van der Waals surface area contributed by atoms with Crippen LogP contribution in [-0.2, 0) is 0 Å². The molecule has 0 fully saturated rings. The van der Waals surface area contributed by atoms with Gasteiger partial charge in [-0.25, -0.2) is 0 Å². The summed E-state index contributed by atoms with van der Waals surface area (Å²) in [6, 6.07) is 9.56. The highest BCUT2D eigenvalue weighted by molar-refractivity contribution is 5.52. The Morgan fingerprint density at radius 2 is 1.93 bits per heavy atom. The van der Waals surface area contributed by atoms with Crippen LogP contribution >= 0.6 is 0 Å². The molecule has 69 valence electrons. The van der Waals surface area contributed by atoms with Gasteiger partial charge in [0.05, 0.1) is 0 Å². The van der Waals surface area contributed by atoms with Gasteiger partial charge in [0, 0.05) is 5.69 Å². The maximum Gasteiger partial charge on any atom is 0.232 e. The largest absolute Gasteiger partial charge is 0.368 e. The molecule has 0 amide bonds. The number of nitrogens with one attached hydrogen (secondary N) is 1. The molecule has 0 aliphatic carbocycles. The van der Waals surface area contributed by atoms with Gasteiger partial charge in [0.2, 0.25) is 18.2 Å². The van der Waals surface area contributed by atoms with Gasteiger partial charge in [-0.3, -0.25) is 0 Å². The smallest absolute Gasteiger partial charge is 0.232 e. The molecule has 0 saturated heterocycles. The van der Waals surface area contributed by atoms with Crippen LogP contribution in [0.25, 0.3) is 0 Å². The molecule has 0 bridgehead atoms. The lowest BCUT2D eigenvalue weighted by molar-refractivity contribution is 1.06. The maximum atomic E-state index is 5.38. The van der Waals surface area contributed by atoms with E-state index in [2.05, 4.69) is 26.6 Å². The Morgan fingerprint density at radius 3 is 2.64 bits per heavy atom. The quantitative estimate of drug-likeness (QED) is 0.731. The van der Waals surface area contributed by atoms with Crippen LogP contribution in [0.15, 0.2) is 30.3 Å². The molecule has 1 radical (unpaired) electrons. The van der Waals surface area contributed by atoms with E-state index in [1.54, 1.807) is 0 Å². The van der Waals surface area contributed by atoms with Crippen LogP contribution in [0.1, 0.15) is 0 Å². The Hall–Kier alpha value is -2.17. The fraction of sp³-hybridized carbons (Fsp3) is 0. The molecular weight excluding hydrogens is 178 g/mol. The predicted octanol–water partition coefficient (Wildman–Crippen LogP) is 0.998. The van der Waals surface area contributed by atoms with Crippen LogP contribution in [0.5, 0.6) is 0 Å². The number of rotatable bonds is 2. The predicted molar refractivity (Wildman–Crippen MR) is 52.8 cm³/mol. The van der Waals surface area contributed by atoms with Gasteiger partial charge in [0.15, 0.2) is 0 Å². The number of para-hydroxylation sites is 1. The van der Waals surface area contributed by atoms with E-state index >= 15 is 0 Å². The van der Waals surface area contributed by atoms with Gasteiger partial charge in [-0.2, -0.15) is 15.0 Å². The number of nitrogen functional groups attached to an aromatic ring is 1. The van der Waals surface area contributed by atoms with Crippen molar-refractivity contribution in [2.24, 2.45) is 0 Å². The molecule has 0 aliphatic heterocycles. The Labute approximate surface area is 81.0 Å². The molecular formula is C9H8N5. The van der Waals surface area contributed by atoms with Crippen molar-refractivity contribution in [2.45, 2.75) is 0 Å². The topological polar surface area (TPSA) is 76.7 Å². The van der Waals surface area contributed by atoms with Crippen LogP contribution in [0, 0.1) is 6.33 Å². The Balaban J connectivity index is 2.19. The van der Waals surface area contributed by atoms with Crippen LogP contribution in [0.2, 0.25) is 0 Å². The van der Waals surface area contributed by atoms with E-state index < -0.39 is 0 Å². The first-order valence-electron chi connectivity index (χ1n) is 4.04. The fourth-order valence-electron chi connectivity index (χ4n) is 0.989. The second kappa shape index (κ2) is 3.69. The summed E-state index contributed by atoms with van der Waals surface area (Å²) in [5.41, 5.74) is 6.27. The van der Waals surface area contributed by atoms with Crippen molar-refractivity contribution in [1.29, 1.82) is 0 Å². The lowest BCUT2D eigenvalue weighted by Gasteiger charge is -2.02. The van der Waals surface area contributed by atoms with E-state index in [-0.39, 0.29) is 5.95 Å². The van der Waals surface area contributed by atoms with E-state index in [0.29, 0.717) is 5.95 Å². The molecule has 0 saturated carbocycles. The van der Waals surface area contributed by atoms with Gasteiger partial charge >= 0.3 is 0 Å². The summed E-state index contributed by atoms with van der Waals surface area (Å²) in [6.45, 7) is 0. The molecule has 1 aromatic carbocycles. The highest BCUT2D eigenvalue weighted by Gasteiger charge is 1.97. The monoisotopic (exact) mass is 186 g/mol. The third-order valence-electron chi connectivity index (χ3n) is 1.57. The average Bonchev–Trinajstić information content (AvgIpc) is 2.19. The number of nitrogens with two attached hydrogens (primary N) is 1. The van der Waals surface area contributed by atoms with Crippen molar-refractivity contribution in [3.63, 3.8) is 0 Å². The Morgan fingerprint density at radius 1 is 1.14 bits per heavy atom. The van der Waals surface area contributed by atoms with Gasteiger partial charge in [0.25, 0.3) is 0 Å². The van der Waals surface area contributed by atoms with Gasteiger partial charge in [-0.05, 0) is 12.1 Å². The molecule has 1 aromatic heterocycles. The summed E-state index contributed by atoms with van der Waals surface area (Å²) in [7, 11) is 0. The van der Waals surface area contributed by atoms with Crippen LogP contribution in [-0.4, -0.2) is 15.0 Å². The molecule has 0 spiro atoms. The molecule has 0 unspecified atom stereocenters.